The molecule has 0 unspecified atom stereocenters. The van der Waals surface area contributed by atoms with E-state index in [1.54, 1.807) is 22.9 Å². The van der Waals surface area contributed by atoms with Gasteiger partial charge >= 0.3 is 0 Å². The monoisotopic (exact) mass is 525 g/mol. The fourth-order valence-electron chi connectivity index (χ4n) is 4.48. The van der Waals surface area contributed by atoms with E-state index in [1.807, 2.05) is 18.4 Å². The third-order valence-electron chi connectivity index (χ3n) is 6.42. The second-order valence-electron chi connectivity index (χ2n) is 9.60. The molecular weight excluding hydrogens is 482 g/mol. The Hall–Kier alpha value is -3.40. The molecule has 10 nitrogen and oxygen atoms in total. The van der Waals surface area contributed by atoms with E-state index in [-0.39, 0.29) is 5.91 Å². The Morgan fingerprint density at radius 2 is 1.79 bits per heavy atom. The van der Waals surface area contributed by atoms with Crippen molar-refractivity contribution in [2.24, 2.45) is 5.73 Å². The average molecular weight is 526 g/mol. The molecule has 10 heteroatoms. The van der Waals surface area contributed by atoms with Crippen LogP contribution in [-0.2, 0) is 13.1 Å². The lowest BCUT2D eigenvalue weighted by Crippen LogP contribution is -2.20. The zero-order valence-electron chi connectivity index (χ0n) is 23.3. The number of rotatable bonds is 17. The van der Waals surface area contributed by atoms with Gasteiger partial charge in [-0.25, -0.2) is 4.98 Å². The zero-order chi connectivity index (χ0) is 27.5. The zero-order valence-corrected chi connectivity index (χ0v) is 23.3. The smallest absolute Gasteiger partial charge is 0.276 e. The van der Waals surface area contributed by atoms with Gasteiger partial charge in [0, 0.05) is 18.7 Å². The van der Waals surface area contributed by atoms with Crippen LogP contribution in [0, 0.1) is 6.92 Å². The van der Waals surface area contributed by atoms with Crippen LogP contribution in [0.3, 0.4) is 0 Å². The number of carbonyl (C=O) groups excluding carboxylic acids is 2. The Kier molecular flexibility index (Phi) is 11.1. The average Bonchev–Trinajstić information content (AvgIpc) is 3.45. The van der Waals surface area contributed by atoms with Gasteiger partial charge in [0.05, 0.1) is 17.8 Å². The number of carbonyl (C=O) groups is 2. The minimum atomic E-state index is -0.552. The van der Waals surface area contributed by atoms with Gasteiger partial charge in [-0.1, -0.05) is 39.5 Å². The fraction of sp³-hybridized carbons (Fsp3) is 0.571. The normalized spacial score (nSPS) is 11.3. The van der Waals surface area contributed by atoms with Gasteiger partial charge in [-0.3, -0.25) is 19.6 Å². The molecule has 0 aliphatic heterocycles. The Morgan fingerprint density at radius 3 is 2.50 bits per heavy atom. The number of anilines is 1. The van der Waals surface area contributed by atoms with Crippen molar-refractivity contribution in [3.63, 3.8) is 0 Å². The van der Waals surface area contributed by atoms with Crippen LogP contribution in [0.2, 0.25) is 0 Å². The Bertz CT molecular complexity index is 1210. The fourth-order valence-corrected chi connectivity index (χ4v) is 4.48. The SMILES string of the molecule is CCCCCCCn1c(NC(=O)c2cc(C)nn2CC)nc2cc(C(N)=O)cc(OCCCNCCC)c21. The molecular formula is C28H43N7O3. The number of unbranched alkanes of at least 4 members (excludes halogenated alkanes) is 4. The standard InChI is InChI=1S/C28H43N7O3/c1-5-8-9-10-11-15-34-25-22(31-28(34)32-27(37)23-17-20(4)33-35(23)7-3)18-21(26(29)36)19-24(25)38-16-12-14-30-13-6-2/h17-19,30H,5-16H2,1-4H3,(H2,29,36)(H,31,32,37). The van der Waals surface area contributed by atoms with E-state index < -0.39 is 5.91 Å². The molecule has 0 spiro atoms. The van der Waals surface area contributed by atoms with Crippen LogP contribution in [0.15, 0.2) is 18.2 Å². The summed E-state index contributed by atoms with van der Waals surface area (Å²) in [6, 6.07) is 5.11. The summed E-state index contributed by atoms with van der Waals surface area (Å²) in [6.45, 7) is 11.7. The summed E-state index contributed by atoms with van der Waals surface area (Å²) >= 11 is 0. The van der Waals surface area contributed by atoms with Gasteiger partial charge in [-0.15, -0.1) is 0 Å². The molecule has 0 radical (unpaired) electrons. The van der Waals surface area contributed by atoms with Gasteiger partial charge in [-0.05, 0) is 64.4 Å². The number of hydrogen-bond donors (Lipinski definition) is 3. The van der Waals surface area contributed by atoms with Gasteiger partial charge in [0.25, 0.3) is 5.91 Å². The molecule has 208 valence electrons. The van der Waals surface area contributed by atoms with Crippen LogP contribution in [0.1, 0.15) is 92.3 Å². The number of amides is 2. The molecule has 0 saturated heterocycles. The van der Waals surface area contributed by atoms with Gasteiger partial charge in [0.1, 0.15) is 17.0 Å². The first kappa shape index (κ1) is 29.2. The molecule has 0 atom stereocenters. The topological polar surface area (TPSA) is 129 Å². The maximum atomic E-state index is 13.3. The van der Waals surface area contributed by atoms with Crippen LogP contribution in [0.4, 0.5) is 5.95 Å². The van der Waals surface area contributed by atoms with Gasteiger partial charge in [-0.2, -0.15) is 5.10 Å². The van der Waals surface area contributed by atoms with Crippen LogP contribution in [0.25, 0.3) is 11.0 Å². The van der Waals surface area contributed by atoms with Crippen molar-refractivity contribution in [3.05, 3.63) is 35.2 Å². The van der Waals surface area contributed by atoms with Crippen LogP contribution < -0.4 is 21.1 Å². The summed E-state index contributed by atoms with van der Waals surface area (Å²) in [6.07, 6.45) is 7.40. The number of nitrogens with zero attached hydrogens (tertiary/aromatic N) is 4. The summed E-state index contributed by atoms with van der Waals surface area (Å²) in [7, 11) is 0. The summed E-state index contributed by atoms with van der Waals surface area (Å²) in [5.74, 6) is 0.124. The highest BCUT2D eigenvalue weighted by Gasteiger charge is 2.21. The largest absolute Gasteiger partial charge is 0.491 e. The third-order valence-corrected chi connectivity index (χ3v) is 6.42. The van der Waals surface area contributed by atoms with Gasteiger partial charge < -0.3 is 20.4 Å². The quantitative estimate of drug-likeness (QED) is 0.220. The first-order valence-electron chi connectivity index (χ1n) is 13.9. The van der Waals surface area contributed by atoms with Crippen LogP contribution in [-0.4, -0.2) is 50.8 Å². The number of fused-ring (bicyclic) bond motifs is 1. The number of hydrogen-bond acceptors (Lipinski definition) is 6. The second-order valence-corrected chi connectivity index (χ2v) is 9.60. The van der Waals surface area contributed by atoms with Crippen molar-refractivity contribution < 1.29 is 14.3 Å². The molecule has 3 aromatic rings. The minimum absolute atomic E-state index is 0.283. The predicted octanol–water partition coefficient (Wildman–Crippen LogP) is 4.65. The molecule has 2 amide bonds. The van der Waals surface area contributed by atoms with E-state index in [0.29, 0.717) is 48.2 Å². The Balaban J connectivity index is 1.96. The molecule has 4 N–H and O–H groups in total. The molecule has 2 heterocycles. The first-order chi connectivity index (χ1) is 18.4. The molecule has 1 aromatic carbocycles. The van der Waals surface area contributed by atoms with Crippen molar-refractivity contribution in [1.82, 2.24) is 24.6 Å². The Morgan fingerprint density at radius 1 is 1.00 bits per heavy atom. The number of nitrogens with one attached hydrogen (secondary N) is 2. The molecule has 0 aliphatic rings. The molecule has 0 aliphatic carbocycles. The lowest BCUT2D eigenvalue weighted by molar-refractivity contribution is 0.0995. The lowest BCUT2D eigenvalue weighted by atomic mass is 10.1. The highest BCUT2D eigenvalue weighted by atomic mass is 16.5. The van der Waals surface area contributed by atoms with Crippen molar-refractivity contribution in [2.45, 2.75) is 85.7 Å². The van der Waals surface area contributed by atoms with E-state index in [1.165, 1.54) is 12.8 Å². The Labute approximate surface area is 225 Å². The van der Waals surface area contributed by atoms with Crippen molar-refractivity contribution in [2.75, 3.05) is 25.0 Å². The van der Waals surface area contributed by atoms with E-state index in [4.69, 9.17) is 15.5 Å². The van der Waals surface area contributed by atoms with E-state index in [0.717, 1.165) is 56.4 Å². The first-order valence-corrected chi connectivity index (χ1v) is 13.9. The minimum Gasteiger partial charge on any atom is -0.491 e. The summed E-state index contributed by atoms with van der Waals surface area (Å²) in [4.78, 5) is 30.1. The molecule has 0 bridgehead atoms. The lowest BCUT2D eigenvalue weighted by Gasteiger charge is -2.14. The summed E-state index contributed by atoms with van der Waals surface area (Å²) in [5.41, 5.74) is 8.51. The maximum Gasteiger partial charge on any atom is 0.276 e. The highest BCUT2D eigenvalue weighted by molar-refractivity contribution is 6.04. The molecule has 0 fully saturated rings. The number of benzene rings is 1. The van der Waals surface area contributed by atoms with Crippen molar-refractivity contribution in [3.8, 4) is 5.75 Å². The number of imidazole rings is 1. The van der Waals surface area contributed by atoms with Crippen molar-refractivity contribution >= 4 is 28.8 Å². The van der Waals surface area contributed by atoms with Crippen LogP contribution >= 0.6 is 0 Å². The van der Waals surface area contributed by atoms with Gasteiger partial charge in [0.15, 0.2) is 0 Å². The van der Waals surface area contributed by atoms with Gasteiger partial charge in [0.2, 0.25) is 11.9 Å². The molecule has 2 aromatic heterocycles. The van der Waals surface area contributed by atoms with E-state index in [2.05, 4.69) is 29.6 Å². The molecule has 3 rings (SSSR count). The maximum absolute atomic E-state index is 13.3. The van der Waals surface area contributed by atoms with Crippen molar-refractivity contribution in [1.29, 1.82) is 0 Å². The highest BCUT2D eigenvalue weighted by Crippen LogP contribution is 2.32. The number of primary amides is 1. The summed E-state index contributed by atoms with van der Waals surface area (Å²) < 4.78 is 9.85. The third kappa shape index (κ3) is 7.56. The van der Waals surface area contributed by atoms with E-state index >= 15 is 0 Å². The number of nitrogens with two attached hydrogens (primary N) is 1. The summed E-state index contributed by atoms with van der Waals surface area (Å²) in [5, 5.41) is 10.8. The number of aromatic nitrogens is 4. The molecule has 38 heavy (non-hydrogen) atoms. The second kappa shape index (κ2) is 14.5. The van der Waals surface area contributed by atoms with E-state index in [9.17, 15) is 9.59 Å². The van der Waals surface area contributed by atoms with Crippen LogP contribution in [0.5, 0.6) is 5.75 Å². The molecule has 0 saturated carbocycles. The number of ether oxygens (including phenoxy) is 1. The number of aryl methyl sites for hydroxylation is 3. The predicted molar refractivity (Wildman–Crippen MR) is 151 cm³/mol.